The van der Waals surface area contributed by atoms with Gasteiger partial charge in [0.1, 0.15) is 13.2 Å². The molecule has 260 valence electrons. The van der Waals surface area contributed by atoms with Gasteiger partial charge in [-0.05, 0) is 73.5 Å². The van der Waals surface area contributed by atoms with E-state index in [9.17, 15) is 14.4 Å². The minimum absolute atomic E-state index is 0.000344. The maximum absolute atomic E-state index is 13.9. The third-order valence-corrected chi connectivity index (χ3v) is 9.02. The summed E-state index contributed by atoms with van der Waals surface area (Å²) in [6.45, 7) is 2.62. The molecule has 0 aromatic heterocycles. The molecule has 2 atom stereocenters. The average Bonchev–Trinajstić information content (AvgIpc) is 3.46. The van der Waals surface area contributed by atoms with Crippen molar-refractivity contribution in [3.8, 4) is 23.0 Å². The van der Waals surface area contributed by atoms with Crippen molar-refractivity contribution in [3.63, 3.8) is 0 Å². The van der Waals surface area contributed by atoms with Crippen LogP contribution in [-0.2, 0) is 24.4 Å². The van der Waals surface area contributed by atoms with Gasteiger partial charge in [0.25, 0.3) is 5.91 Å². The number of rotatable bonds is 13. The van der Waals surface area contributed by atoms with E-state index < -0.39 is 6.04 Å². The van der Waals surface area contributed by atoms with Crippen molar-refractivity contribution in [2.45, 2.75) is 38.6 Å². The van der Waals surface area contributed by atoms with Gasteiger partial charge in [-0.25, -0.2) is 0 Å². The van der Waals surface area contributed by atoms with E-state index in [0.29, 0.717) is 57.7 Å². The molecule has 2 heterocycles. The summed E-state index contributed by atoms with van der Waals surface area (Å²) in [5.74, 6) is 1.45. The highest BCUT2D eigenvalue weighted by molar-refractivity contribution is 6.12. The summed E-state index contributed by atoms with van der Waals surface area (Å²) in [7, 11) is 6.49. The Bertz CT molecular complexity index is 1930. The largest absolute Gasteiger partial charge is 0.493 e. The Morgan fingerprint density at radius 1 is 0.940 bits per heavy atom. The SMILES string of the molecule is CNc1cc(OCc2cc(COc3cc4c(cc3OC)C(=O)N3c5ccccc5CC3CN4)cc(NC(=O)C(C)NC)c2)c(OC)cc1C=O. The molecule has 12 nitrogen and oxygen atoms in total. The third kappa shape index (κ3) is 6.88. The number of benzene rings is 4. The lowest BCUT2D eigenvalue weighted by atomic mass is 10.1. The van der Waals surface area contributed by atoms with Crippen LogP contribution in [0.2, 0.25) is 0 Å². The highest BCUT2D eigenvalue weighted by Crippen LogP contribution is 2.41. The van der Waals surface area contributed by atoms with Gasteiger partial charge >= 0.3 is 0 Å². The minimum Gasteiger partial charge on any atom is -0.493 e. The Morgan fingerprint density at radius 3 is 2.28 bits per heavy atom. The second kappa shape index (κ2) is 14.8. The van der Waals surface area contributed by atoms with Crippen LogP contribution in [0.3, 0.4) is 0 Å². The first-order chi connectivity index (χ1) is 24.3. The normalized spacial score (nSPS) is 15.0. The number of carbonyl (C=O) groups excluding carboxylic acids is 3. The Hall–Kier alpha value is -5.75. The third-order valence-electron chi connectivity index (χ3n) is 9.02. The highest BCUT2D eigenvalue weighted by atomic mass is 16.5. The fourth-order valence-electron chi connectivity index (χ4n) is 6.28. The number of likely N-dealkylation sites (N-methyl/N-ethyl adjacent to an activating group) is 1. The number of para-hydroxylation sites is 1. The molecule has 0 fully saturated rings. The Morgan fingerprint density at radius 2 is 1.62 bits per heavy atom. The van der Waals surface area contributed by atoms with E-state index >= 15 is 0 Å². The summed E-state index contributed by atoms with van der Waals surface area (Å²) in [6, 6.07) is 20.0. The van der Waals surface area contributed by atoms with Gasteiger partial charge in [-0.2, -0.15) is 0 Å². The summed E-state index contributed by atoms with van der Waals surface area (Å²) < 4.78 is 23.7. The molecule has 50 heavy (non-hydrogen) atoms. The van der Waals surface area contributed by atoms with Gasteiger partial charge in [0, 0.05) is 48.4 Å². The van der Waals surface area contributed by atoms with Crippen molar-refractivity contribution in [3.05, 3.63) is 94.5 Å². The van der Waals surface area contributed by atoms with Crippen LogP contribution in [0.15, 0.2) is 66.7 Å². The Labute approximate surface area is 291 Å². The van der Waals surface area contributed by atoms with Gasteiger partial charge in [0.15, 0.2) is 29.3 Å². The number of fused-ring (bicyclic) bond motifs is 4. The zero-order chi connectivity index (χ0) is 35.4. The molecule has 0 aliphatic carbocycles. The van der Waals surface area contributed by atoms with Crippen LogP contribution in [0.1, 0.15) is 44.3 Å². The highest BCUT2D eigenvalue weighted by Gasteiger charge is 2.37. The molecule has 2 unspecified atom stereocenters. The van der Waals surface area contributed by atoms with Crippen LogP contribution in [0, 0.1) is 0 Å². The lowest BCUT2D eigenvalue weighted by molar-refractivity contribution is -0.117. The molecular formula is C38H41N5O7. The molecule has 4 N–H and O–H groups in total. The summed E-state index contributed by atoms with van der Waals surface area (Å²) in [4.78, 5) is 40.1. The molecule has 4 aromatic carbocycles. The molecule has 0 radical (unpaired) electrons. The van der Waals surface area contributed by atoms with E-state index in [1.165, 1.54) is 7.11 Å². The molecule has 2 amide bonds. The van der Waals surface area contributed by atoms with E-state index in [0.717, 1.165) is 35.1 Å². The number of aldehydes is 1. The first-order valence-corrected chi connectivity index (χ1v) is 16.4. The lowest BCUT2D eigenvalue weighted by Crippen LogP contribution is -2.39. The average molecular weight is 680 g/mol. The number of amides is 2. The first-order valence-electron chi connectivity index (χ1n) is 16.4. The van der Waals surface area contributed by atoms with Gasteiger partial charge in [0.2, 0.25) is 5.91 Å². The number of ether oxygens (including phenoxy) is 4. The second-order valence-corrected chi connectivity index (χ2v) is 12.2. The Balaban J connectivity index is 1.26. The van der Waals surface area contributed by atoms with Crippen molar-refractivity contribution in [2.75, 3.05) is 55.7 Å². The topological polar surface area (TPSA) is 139 Å². The molecule has 6 rings (SSSR count). The van der Waals surface area contributed by atoms with Crippen LogP contribution in [-0.4, -0.2) is 65.0 Å². The van der Waals surface area contributed by atoms with Crippen molar-refractivity contribution in [2.24, 2.45) is 0 Å². The molecule has 0 saturated carbocycles. The number of anilines is 4. The quantitative estimate of drug-likeness (QED) is 0.139. The van der Waals surface area contributed by atoms with Crippen molar-refractivity contribution in [1.29, 1.82) is 0 Å². The maximum atomic E-state index is 13.9. The molecule has 0 bridgehead atoms. The van der Waals surface area contributed by atoms with E-state index in [2.05, 4.69) is 27.3 Å². The van der Waals surface area contributed by atoms with Gasteiger partial charge < -0.3 is 45.1 Å². The van der Waals surface area contributed by atoms with Gasteiger partial charge in [-0.3, -0.25) is 14.4 Å². The predicted octanol–water partition coefficient (Wildman–Crippen LogP) is 5.26. The number of nitrogens with one attached hydrogen (secondary N) is 4. The molecule has 4 aromatic rings. The fourth-order valence-corrected chi connectivity index (χ4v) is 6.28. The van der Waals surface area contributed by atoms with Crippen LogP contribution < -0.4 is 45.1 Å². The summed E-state index contributed by atoms with van der Waals surface area (Å²) >= 11 is 0. The smallest absolute Gasteiger partial charge is 0.260 e. The van der Waals surface area contributed by atoms with Crippen molar-refractivity contribution in [1.82, 2.24) is 5.32 Å². The fraction of sp³-hybridized carbons (Fsp3) is 0.289. The molecule has 2 aliphatic rings. The monoisotopic (exact) mass is 679 g/mol. The molecule has 12 heteroatoms. The van der Waals surface area contributed by atoms with Crippen LogP contribution >= 0.6 is 0 Å². The second-order valence-electron chi connectivity index (χ2n) is 12.2. The predicted molar refractivity (Wildman–Crippen MR) is 192 cm³/mol. The van der Waals surface area contributed by atoms with Crippen LogP contribution in [0.25, 0.3) is 0 Å². The molecular weight excluding hydrogens is 638 g/mol. The van der Waals surface area contributed by atoms with E-state index in [4.69, 9.17) is 18.9 Å². The van der Waals surface area contributed by atoms with Gasteiger partial charge in [-0.1, -0.05) is 18.2 Å². The summed E-state index contributed by atoms with van der Waals surface area (Å²) in [5.41, 5.74) is 6.40. The van der Waals surface area contributed by atoms with Crippen molar-refractivity contribution >= 4 is 40.9 Å². The molecule has 2 aliphatic heterocycles. The van der Waals surface area contributed by atoms with Crippen molar-refractivity contribution < 1.29 is 33.3 Å². The Kier molecular flexibility index (Phi) is 10.1. The zero-order valence-electron chi connectivity index (χ0n) is 28.7. The standard InChI is InChI=1S/C38H41N5O7/c1-22(39-2)37(45)42-27-11-23(20-49-35-16-30(40-3)26(19-44)14-33(35)47-4)10-24(12-27)21-50-36-17-31-29(15-34(36)48-5)38(46)43-28(18-41-31)13-25-8-6-7-9-32(25)43/h6-12,14-17,19,22,28,39-41H,13,18,20-21H2,1-5H3,(H,42,45). The lowest BCUT2D eigenvalue weighted by Gasteiger charge is -2.22. The number of hydrogen-bond acceptors (Lipinski definition) is 10. The first kappa shape index (κ1) is 34.1. The van der Waals surface area contributed by atoms with Gasteiger partial charge in [0.05, 0.1) is 37.6 Å². The number of hydrogen-bond donors (Lipinski definition) is 4. The van der Waals surface area contributed by atoms with Crippen LogP contribution in [0.5, 0.6) is 23.0 Å². The molecule has 0 saturated heterocycles. The maximum Gasteiger partial charge on any atom is 0.260 e. The van der Waals surface area contributed by atoms with E-state index in [1.54, 1.807) is 52.4 Å². The summed E-state index contributed by atoms with van der Waals surface area (Å²) in [6.07, 6.45) is 1.53. The van der Waals surface area contributed by atoms with Crippen LogP contribution in [0.4, 0.5) is 22.7 Å². The molecule has 0 spiro atoms. The van der Waals surface area contributed by atoms with Gasteiger partial charge in [-0.15, -0.1) is 0 Å². The number of methoxy groups -OCH3 is 2. The minimum atomic E-state index is -0.418. The number of nitrogens with zero attached hydrogens (tertiary/aromatic N) is 1. The summed E-state index contributed by atoms with van der Waals surface area (Å²) in [5, 5.41) is 12.4. The zero-order valence-corrected chi connectivity index (χ0v) is 28.7. The van der Waals surface area contributed by atoms with E-state index in [1.807, 2.05) is 41.3 Å². The van der Waals surface area contributed by atoms with E-state index in [-0.39, 0.29) is 31.1 Å². The number of carbonyl (C=O) groups is 3.